The monoisotopic (exact) mass is 319 g/mol. The average Bonchev–Trinajstić information content (AvgIpc) is 2.96. The number of nitrogens with zero attached hydrogens (tertiary/aromatic N) is 1. The lowest BCUT2D eigenvalue weighted by molar-refractivity contribution is 0.187. The zero-order valence-corrected chi connectivity index (χ0v) is 13.7. The first-order valence-electron chi connectivity index (χ1n) is 7.29. The minimum Gasteiger partial charge on any atom is -0.497 e. The number of carbonyl (C=O) groups excluding carboxylic acids is 1. The van der Waals surface area contributed by atoms with Gasteiger partial charge in [-0.1, -0.05) is 13.3 Å². The van der Waals surface area contributed by atoms with E-state index in [2.05, 4.69) is 22.4 Å². The highest BCUT2D eigenvalue weighted by atomic mass is 16.5. The van der Waals surface area contributed by atoms with Crippen molar-refractivity contribution in [1.29, 1.82) is 0 Å². The Morgan fingerprint density at radius 3 is 2.65 bits per heavy atom. The second kappa shape index (κ2) is 7.53. The molecule has 0 atom stereocenters. The van der Waals surface area contributed by atoms with Crippen LogP contribution in [0.2, 0.25) is 0 Å². The van der Waals surface area contributed by atoms with Crippen molar-refractivity contribution in [2.75, 3.05) is 26.6 Å². The van der Waals surface area contributed by atoms with Gasteiger partial charge in [0, 0.05) is 5.56 Å². The van der Waals surface area contributed by atoms with Gasteiger partial charge >= 0.3 is 6.09 Å². The lowest BCUT2D eigenvalue weighted by Gasteiger charge is -2.11. The first kappa shape index (κ1) is 16.7. The molecule has 0 saturated heterocycles. The summed E-state index contributed by atoms with van der Waals surface area (Å²) in [4.78, 5) is 11.7. The highest BCUT2D eigenvalue weighted by Crippen LogP contribution is 2.37. The van der Waals surface area contributed by atoms with Crippen LogP contribution in [0.25, 0.3) is 11.3 Å². The van der Waals surface area contributed by atoms with Crippen LogP contribution in [0.4, 0.5) is 10.5 Å². The molecule has 0 aliphatic rings. The quantitative estimate of drug-likeness (QED) is 0.854. The molecule has 0 aliphatic carbocycles. The van der Waals surface area contributed by atoms with Crippen molar-refractivity contribution >= 4 is 11.8 Å². The van der Waals surface area contributed by atoms with E-state index < -0.39 is 6.09 Å². The van der Waals surface area contributed by atoms with Crippen molar-refractivity contribution < 1.29 is 19.0 Å². The lowest BCUT2D eigenvalue weighted by atomic mass is 10.1. The molecule has 2 rings (SSSR count). The molecule has 0 aliphatic heterocycles. The van der Waals surface area contributed by atoms with Crippen LogP contribution in [0.1, 0.15) is 19.0 Å². The predicted molar refractivity (Wildman–Crippen MR) is 87.2 cm³/mol. The first-order chi connectivity index (χ1) is 11.1. The first-order valence-corrected chi connectivity index (χ1v) is 7.29. The summed E-state index contributed by atoms with van der Waals surface area (Å²) in [5, 5.41) is 10.1. The van der Waals surface area contributed by atoms with Gasteiger partial charge in [0.25, 0.3) is 0 Å². The number of carbonyl (C=O) groups is 1. The molecule has 0 spiro atoms. The smallest absolute Gasteiger partial charge is 0.411 e. The largest absolute Gasteiger partial charge is 0.497 e. The van der Waals surface area contributed by atoms with E-state index >= 15 is 0 Å². The van der Waals surface area contributed by atoms with Gasteiger partial charge in [-0.05, 0) is 24.6 Å². The highest BCUT2D eigenvalue weighted by Gasteiger charge is 2.20. The maximum absolute atomic E-state index is 11.7. The third kappa shape index (κ3) is 3.56. The molecule has 1 aromatic heterocycles. The van der Waals surface area contributed by atoms with Gasteiger partial charge in [0.15, 0.2) is 0 Å². The van der Waals surface area contributed by atoms with Gasteiger partial charge in [-0.15, -0.1) is 0 Å². The van der Waals surface area contributed by atoms with Gasteiger partial charge in [0.1, 0.15) is 17.2 Å². The summed E-state index contributed by atoms with van der Waals surface area (Å²) < 4.78 is 15.4. The number of aromatic amines is 1. The van der Waals surface area contributed by atoms with Gasteiger partial charge in [0.05, 0.1) is 32.7 Å². The van der Waals surface area contributed by atoms with E-state index in [1.54, 1.807) is 26.4 Å². The van der Waals surface area contributed by atoms with Crippen molar-refractivity contribution in [3.05, 3.63) is 23.9 Å². The summed E-state index contributed by atoms with van der Waals surface area (Å²) in [6.07, 6.45) is 1.11. The Morgan fingerprint density at radius 2 is 2.04 bits per heavy atom. The van der Waals surface area contributed by atoms with Crippen LogP contribution in [0, 0.1) is 0 Å². The van der Waals surface area contributed by atoms with Crippen molar-refractivity contribution in [2.24, 2.45) is 0 Å². The predicted octanol–water partition coefficient (Wildman–Crippen LogP) is 3.22. The van der Waals surface area contributed by atoms with E-state index in [0.29, 0.717) is 22.9 Å². The summed E-state index contributed by atoms with van der Waals surface area (Å²) in [7, 11) is 4.49. The van der Waals surface area contributed by atoms with Crippen LogP contribution in [0.5, 0.6) is 11.5 Å². The van der Waals surface area contributed by atoms with Gasteiger partial charge < -0.3 is 14.2 Å². The number of aryl methyl sites for hydroxylation is 1. The molecule has 0 fully saturated rings. The zero-order valence-electron chi connectivity index (χ0n) is 13.7. The number of benzene rings is 1. The second-order valence-corrected chi connectivity index (χ2v) is 4.86. The Labute approximate surface area is 134 Å². The van der Waals surface area contributed by atoms with Crippen LogP contribution >= 0.6 is 0 Å². The summed E-state index contributed by atoms with van der Waals surface area (Å²) in [6, 6.07) is 5.41. The number of nitrogens with one attached hydrogen (secondary N) is 2. The van der Waals surface area contributed by atoms with Crippen LogP contribution in [0.3, 0.4) is 0 Å². The molecule has 2 aromatic rings. The summed E-state index contributed by atoms with van der Waals surface area (Å²) in [5.41, 5.74) is 2.72. The number of hydrogen-bond acceptors (Lipinski definition) is 5. The number of H-pyrrole nitrogens is 1. The van der Waals surface area contributed by atoms with E-state index in [1.165, 1.54) is 7.11 Å². The summed E-state index contributed by atoms with van der Waals surface area (Å²) >= 11 is 0. The van der Waals surface area contributed by atoms with E-state index in [4.69, 9.17) is 14.2 Å². The SMILES string of the molecule is CCCc1[nH]nc(-c2cc(OC)ccc2OC)c1NC(=O)OC. The average molecular weight is 319 g/mol. The molecule has 0 bridgehead atoms. The molecule has 124 valence electrons. The van der Waals surface area contributed by atoms with E-state index in [1.807, 2.05) is 6.07 Å². The third-order valence-corrected chi connectivity index (χ3v) is 3.42. The van der Waals surface area contributed by atoms with Crippen LogP contribution in [0.15, 0.2) is 18.2 Å². The fourth-order valence-corrected chi connectivity index (χ4v) is 2.29. The van der Waals surface area contributed by atoms with E-state index in [9.17, 15) is 4.79 Å². The third-order valence-electron chi connectivity index (χ3n) is 3.42. The molecule has 1 aromatic carbocycles. The Morgan fingerprint density at radius 1 is 1.26 bits per heavy atom. The van der Waals surface area contributed by atoms with Gasteiger partial charge in [-0.2, -0.15) is 5.10 Å². The van der Waals surface area contributed by atoms with Crippen LogP contribution in [-0.2, 0) is 11.2 Å². The van der Waals surface area contributed by atoms with Gasteiger partial charge in [-0.25, -0.2) is 4.79 Å². The maximum Gasteiger partial charge on any atom is 0.411 e. The number of hydrogen-bond donors (Lipinski definition) is 2. The Hall–Kier alpha value is -2.70. The fourth-order valence-electron chi connectivity index (χ4n) is 2.29. The minimum absolute atomic E-state index is 0.549. The second-order valence-electron chi connectivity index (χ2n) is 4.86. The molecule has 0 saturated carbocycles. The molecule has 2 N–H and O–H groups in total. The Balaban J connectivity index is 2.56. The lowest BCUT2D eigenvalue weighted by Crippen LogP contribution is -2.12. The van der Waals surface area contributed by atoms with Crippen LogP contribution in [-0.4, -0.2) is 37.6 Å². The normalized spacial score (nSPS) is 10.3. The Bertz CT molecular complexity index is 682. The molecule has 1 heterocycles. The fraction of sp³-hybridized carbons (Fsp3) is 0.375. The van der Waals surface area contributed by atoms with Crippen LogP contribution < -0.4 is 14.8 Å². The Kier molecular flexibility index (Phi) is 5.46. The number of ether oxygens (including phenoxy) is 3. The number of methoxy groups -OCH3 is 3. The highest BCUT2D eigenvalue weighted by molar-refractivity contribution is 5.92. The molecular formula is C16H21N3O4. The summed E-state index contributed by atoms with van der Waals surface area (Å²) in [5.74, 6) is 1.30. The topological polar surface area (TPSA) is 85.5 Å². The number of aromatic nitrogens is 2. The number of anilines is 1. The van der Waals surface area contributed by atoms with E-state index in [0.717, 1.165) is 24.1 Å². The van der Waals surface area contributed by atoms with Crippen molar-refractivity contribution in [2.45, 2.75) is 19.8 Å². The standard InChI is InChI=1S/C16H21N3O4/c1-5-6-12-15(17-16(20)23-4)14(19-18-12)11-9-10(21-2)7-8-13(11)22-3/h7-9H,5-6H2,1-4H3,(H,17,20)(H,18,19). The number of rotatable bonds is 6. The molecule has 7 nitrogen and oxygen atoms in total. The minimum atomic E-state index is -0.549. The molecule has 0 radical (unpaired) electrons. The zero-order chi connectivity index (χ0) is 16.8. The van der Waals surface area contributed by atoms with Gasteiger partial charge in [0.2, 0.25) is 0 Å². The van der Waals surface area contributed by atoms with Gasteiger partial charge in [-0.3, -0.25) is 10.4 Å². The molecule has 1 amide bonds. The molecular weight excluding hydrogens is 298 g/mol. The van der Waals surface area contributed by atoms with Crippen molar-refractivity contribution in [3.63, 3.8) is 0 Å². The molecule has 23 heavy (non-hydrogen) atoms. The van der Waals surface area contributed by atoms with Crippen molar-refractivity contribution in [1.82, 2.24) is 10.2 Å². The maximum atomic E-state index is 11.7. The number of amides is 1. The molecule has 0 unspecified atom stereocenters. The summed E-state index contributed by atoms with van der Waals surface area (Å²) in [6.45, 7) is 2.05. The van der Waals surface area contributed by atoms with E-state index in [-0.39, 0.29) is 0 Å². The van der Waals surface area contributed by atoms with Crippen molar-refractivity contribution in [3.8, 4) is 22.8 Å². The molecule has 7 heteroatoms.